The molecule has 1 aromatic rings. The Morgan fingerprint density at radius 1 is 1.16 bits per heavy atom. The lowest BCUT2D eigenvalue weighted by Gasteiger charge is -2.29. The summed E-state index contributed by atoms with van der Waals surface area (Å²) in [6.07, 6.45) is -2.26. The van der Waals surface area contributed by atoms with Crippen LogP contribution in [0, 0.1) is 11.8 Å². The second-order valence-electron chi connectivity index (χ2n) is 6.34. The van der Waals surface area contributed by atoms with E-state index in [1.54, 1.807) is 0 Å². The van der Waals surface area contributed by atoms with E-state index in [-0.39, 0.29) is 36.8 Å². The van der Waals surface area contributed by atoms with Gasteiger partial charge in [0.05, 0.1) is 0 Å². The van der Waals surface area contributed by atoms with Gasteiger partial charge in [-0.1, -0.05) is 18.6 Å². The molecule has 0 radical (unpaired) electrons. The van der Waals surface area contributed by atoms with Crippen LogP contribution in [-0.4, -0.2) is 38.2 Å². The standard InChI is InChI=1S/C15H19F3N2O3S.ClH/c16-15(17,18)23-13-6-1-2-7-14(13)24(21,22)20-8-10-4-3-5-12(19)11(10)9-20;/h1-2,6-7,10-12H,3-5,8-9,19H2;1H. The molecule has 3 atom stereocenters. The first-order valence-corrected chi connectivity index (χ1v) is 9.23. The highest BCUT2D eigenvalue weighted by Gasteiger charge is 2.44. The molecule has 0 aromatic heterocycles. The molecule has 1 heterocycles. The largest absolute Gasteiger partial charge is 0.573 e. The lowest BCUT2D eigenvalue weighted by atomic mass is 9.78. The van der Waals surface area contributed by atoms with Gasteiger partial charge < -0.3 is 10.5 Å². The molecule has 0 spiro atoms. The third-order valence-corrected chi connectivity index (χ3v) is 6.68. The molecule has 1 saturated carbocycles. The predicted octanol–water partition coefficient (Wildman–Crippen LogP) is 2.75. The summed E-state index contributed by atoms with van der Waals surface area (Å²) in [6, 6.07) is 4.77. The number of para-hydroxylation sites is 1. The Hall–Kier alpha value is -1.03. The third kappa shape index (κ3) is 4.21. The number of ether oxygens (including phenoxy) is 1. The predicted molar refractivity (Wildman–Crippen MR) is 87.9 cm³/mol. The molecule has 2 fully saturated rings. The van der Waals surface area contributed by atoms with E-state index in [9.17, 15) is 21.6 Å². The highest BCUT2D eigenvalue weighted by molar-refractivity contribution is 7.89. The van der Waals surface area contributed by atoms with Gasteiger partial charge in [0.25, 0.3) is 0 Å². The monoisotopic (exact) mass is 400 g/mol. The fourth-order valence-corrected chi connectivity index (χ4v) is 5.33. The van der Waals surface area contributed by atoms with Crippen LogP contribution in [0.15, 0.2) is 29.2 Å². The lowest BCUT2D eigenvalue weighted by molar-refractivity contribution is -0.275. The molecule has 1 saturated heterocycles. The molecular formula is C15H20ClF3N2O3S. The van der Waals surface area contributed by atoms with E-state index >= 15 is 0 Å². The van der Waals surface area contributed by atoms with Gasteiger partial charge in [-0.2, -0.15) is 4.31 Å². The molecule has 1 aliphatic heterocycles. The fourth-order valence-electron chi connectivity index (χ4n) is 3.68. The number of fused-ring (bicyclic) bond motifs is 1. The maximum atomic E-state index is 12.8. The molecule has 0 bridgehead atoms. The van der Waals surface area contributed by atoms with E-state index in [2.05, 4.69) is 4.74 Å². The summed E-state index contributed by atoms with van der Waals surface area (Å²) >= 11 is 0. The Bertz CT molecular complexity index is 714. The summed E-state index contributed by atoms with van der Waals surface area (Å²) < 4.78 is 68.4. The minimum absolute atomic E-state index is 0. The highest BCUT2D eigenvalue weighted by atomic mass is 35.5. The number of benzene rings is 1. The molecule has 1 aromatic carbocycles. The van der Waals surface area contributed by atoms with Crippen molar-refractivity contribution in [3.8, 4) is 5.75 Å². The summed E-state index contributed by atoms with van der Waals surface area (Å²) in [5, 5.41) is 0. The zero-order valence-corrected chi connectivity index (χ0v) is 14.9. The highest BCUT2D eigenvalue weighted by Crippen LogP contribution is 2.39. The van der Waals surface area contributed by atoms with E-state index in [0.717, 1.165) is 31.4 Å². The molecule has 142 valence electrons. The maximum absolute atomic E-state index is 12.8. The minimum Gasteiger partial charge on any atom is -0.404 e. The van der Waals surface area contributed by atoms with E-state index in [1.807, 2.05) is 0 Å². The Balaban J connectivity index is 0.00000225. The average molecular weight is 401 g/mol. The summed E-state index contributed by atoms with van der Waals surface area (Å²) in [4.78, 5) is -0.463. The van der Waals surface area contributed by atoms with Crippen molar-refractivity contribution >= 4 is 22.4 Å². The van der Waals surface area contributed by atoms with Crippen LogP contribution in [0.3, 0.4) is 0 Å². The Morgan fingerprint density at radius 3 is 2.48 bits per heavy atom. The molecular weight excluding hydrogens is 381 g/mol. The number of nitrogens with two attached hydrogens (primary N) is 1. The number of nitrogens with zero attached hydrogens (tertiary/aromatic N) is 1. The average Bonchev–Trinajstić information content (AvgIpc) is 2.92. The first-order chi connectivity index (χ1) is 11.2. The second kappa shape index (κ2) is 7.30. The second-order valence-corrected chi connectivity index (χ2v) is 8.24. The molecule has 2 aliphatic rings. The molecule has 0 amide bonds. The van der Waals surface area contributed by atoms with Gasteiger partial charge in [0.15, 0.2) is 0 Å². The van der Waals surface area contributed by atoms with Crippen LogP contribution < -0.4 is 10.5 Å². The van der Waals surface area contributed by atoms with Crippen LogP contribution in [0.4, 0.5) is 13.2 Å². The summed E-state index contributed by atoms with van der Waals surface area (Å²) in [7, 11) is -4.07. The van der Waals surface area contributed by atoms with Crippen molar-refractivity contribution in [1.82, 2.24) is 4.31 Å². The number of hydrogen-bond acceptors (Lipinski definition) is 4. The summed E-state index contributed by atoms with van der Waals surface area (Å²) in [5.74, 6) is -0.479. The van der Waals surface area contributed by atoms with Crippen molar-refractivity contribution in [3.05, 3.63) is 24.3 Å². The Morgan fingerprint density at radius 2 is 1.84 bits per heavy atom. The van der Waals surface area contributed by atoms with E-state index in [4.69, 9.17) is 5.73 Å². The van der Waals surface area contributed by atoms with Gasteiger partial charge in [-0.3, -0.25) is 0 Å². The van der Waals surface area contributed by atoms with Crippen molar-refractivity contribution < 1.29 is 26.3 Å². The number of alkyl halides is 3. The van der Waals surface area contributed by atoms with Crippen LogP contribution in [0.5, 0.6) is 5.75 Å². The van der Waals surface area contributed by atoms with Crippen LogP contribution in [-0.2, 0) is 10.0 Å². The van der Waals surface area contributed by atoms with Gasteiger partial charge >= 0.3 is 6.36 Å². The molecule has 3 rings (SSSR count). The van der Waals surface area contributed by atoms with E-state index in [1.165, 1.54) is 16.4 Å². The molecule has 10 heteroatoms. The van der Waals surface area contributed by atoms with Gasteiger partial charge in [0, 0.05) is 19.1 Å². The number of halogens is 4. The van der Waals surface area contributed by atoms with Crippen LogP contribution >= 0.6 is 12.4 Å². The molecule has 25 heavy (non-hydrogen) atoms. The van der Waals surface area contributed by atoms with E-state index < -0.39 is 27.0 Å². The van der Waals surface area contributed by atoms with E-state index in [0.29, 0.717) is 6.54 Å². The van der Waals surface area contributed by atoms with Crippen LogP contribution in [0.1, 0.15) is 19.3 Å². The van der Waals surface area contributed by atoms with Gasteiger partial charge in [0.1, 0.15) is 10.6 Å². The fraction of sp³-hybridized carbons (Fsp3) is 0.600. The number of hydrogen-bond donors (Lipinski definition) is 1. The summed E-state index contributed by atoms with van der Waals surface area (Å²) in [5.41, 5.74) is 6.08. The molecule has 5 nitrogen and oxygen atoms in total. The number of rotatable bonds is 3. The smallest absolute Gasteiger partial charge is 0.404 e. The summed E-state index contributed by atoms with van der Waals surface area (Å²) in [6.45, 7) is 0.537. The van der Waals surface area contributed by atoms with Crippen molar-refractivity contribution in [2.24, 2.45) is 17.6 Å². The Labute approximate surface area is 150 Å². The SMILES string of the molecule is Cl.NC1CCCC2CN(S(=O)(=O)c3ccccc3OC(F)(F)F)CC12. The van der Waals surface area contributed by atoms with Crippen molar-refractivity contribution in [3.63, 3.8) is 0 Å². The zero-order valence-electron chi connectivity index (χ0n) is 13.3. The molecule has 2 N–H and O–H groups in total. The van der Waals surface area contributed by atoms with Crippen molar-refractivity contribution in [2.45, 2.75) is 36.6 Å². The normalized spacial score (nSPS) is 27.4. The Kier molecular flexibility index (Phi) is 5.92. The van der Waals surface area contributed by atoms with Crippen molar-refractivity contribution in [1.29, 1.82) is 0 Å². The van der Waals surface area contributed by atoms with Gasteiger partial charge in [-0.05, 0) is 36.8 Å². The molecule has 1 aliphatic carbocycles. The van der Waals surface area contributed by atoms with Gasteiger partial charge in [0.2, 0.25) is 10.0 Å². The van der Waals surface area contributed by atoms with Crippen LogP contribution in [0.25, 0.3) is 0 Å². The molecule has 3 unspecified atom stereocenters. The lowest BCUT2D eigenvalue weighted by Crippen LogP contribution is -2.38. The number of sulfonamides is 1. The first-order valence-electron chi connectivity index (χ1n) is 7.79. The maximum Gasteiger partial charge on any atom is 0.573 e. The minimum atomic E-state index is -4.95. The van der Waals surface area contributed by atoms with Crippen molar-refractivity contribution in [2.75, 3.05) is 13.1 Å². The zero-order chi connectivity index (χ0) is 17.5. The third-order valence-electron chi connectivity index (χ3n) is 4.81. The van der Waals surface area contributed by atoms with Gasteiger partial charge in [-0.25, -0.2) is 8.42 Å². The van der Waals surface area contributed by atoms with Crippen LogP contribution in [0.2, 0.25) is 0 Å². The van der Waals surface area contributed by atoms with Gasteiger partial charge in [-0.15, -0.1) is 25.6 Å². The first kappa shape index (κ1) is 20.3. The topological polar surface area (TPSA) is 72.6 Å². The quantitative estimate of drug-likeness (QED) is 0.846.